The van der Waals surface area contributed by atoms with Crippen LogP contribution in [-0.2, 0) is 31.1 Å². The quantitative estimate of drug-likeness (QED) is 0.246. The van der Waals surface area contributed by atoms with E-state index in [2.05, 4.69) is 53.6 Å². The van der Waals surface area contributed by atoms with E-state index in [-0.39, 0.29) is 29.7 Å². The van der Waals surface area contributed by atoms with Gasteiger partial charge in [0.05, 0.1) is 12.1 Å². The van der Waals surface area contributed by atoms with Crippen molar-refractivity contribution in [1.29, 1.82) is 0 Å². The van der Waals surface area contributed by atoms with Crippen molar-refractivity contribution < 1.29 is 37.5 Å². The number of rotatable bonds is 12. The molecule has 0 spiro atoms. The summed E-state index contributed by atoms with van der Waals surface area (Å²) in [6.07, 6.45) is -3.16. The molecule has 0 unspecified atom stereocenters. The van der Waals surface area contributed by atoms with Crippen molar-refractivity contribution in [3.8, 4) is 0 Å². The summed E-state index contributed by atoms with van der Waals surface area (Å²) in [5, 5.41) is 13.4. The Morgan fingerprint density at radius 1 is 0.868 bits per heavy atom. The van der Waals surface area contributed by atoms with Crippen molar-refractivity contribution in [3.63, 3.8) is 0 Å². The average molecular weight is 746 g/mol. The van der Waals surface area contributed by atoms with Gasteiger partial charge in [-0.05, 0) is 36.4 Å². The van der Waals surface area contributed by atoms with E-state index < -0.39 is 35.1 Å². The summed E-state index contributed by atoms with van der Waals surface area (Å²) >= 11 is 0. The summed E-state index contributed by atoms with van der Waals surface area (Å²) in [5.41, 5.74) is 1.86. The molecule has 1 aliphatic heterocycles. The third-order valence-electron chi connectivity index (χ3n) is 9.58. The highest BCUT2D eigenvalue weighted by Gasteiger charge is 2.42. The van der Waals surface area contributed by atoms with Gasteiger partial charge in [-0.1, -0.05) is 115 Å². The molecular weight excluding hydrogens is 687 g/mol. The van der Waals surface area contributed by atoms with E-state index in [1.807, 2.05) is 88.9 Å². The van der Waals surface area contributed by atoms with Crippen molar-refractivity contribution in [2.45, 2.75) is 91.7 Å². The van der Waals surface area contributed by atoms with Crippen LogP contribution in [-0.4, -0.2) is 108 Å². The van der Waals surface area contributed by atoms with Gasteiger partial charge in [-0.15, -0.1) is 0 Å². The Kier molecular flexibility index (Phi) is 16.3. The number of amides is 3. The highest BCUT2D eigenvalue weighted by atomic mass is 19.4. The van der Waals surface area contributed by atoms with Gasteiger partial charge in [0, 0.05) is 50.8 Å². The molecule has 1 fully saturated rings. The molecule has 0 radical (unpaired) electrons. The molecule has 2 aromatic rings. The number of hydrogen-bond acceptors (Lipinski definition) is 6. The molecule has 0 saturated carbocycles. The second-order valence-corrected chi connectivity index (χ2v) is 15.5. The molecule has 294 valence electrons. The maximum absolute atomic E-state index is 14.2. The first-order chi connectivity index (χ1) is 24.5. The molecule has 1 saturated heterocycles. The number of hydrogen-bond donors (Lipinski definition) is 3. The molecule has 1 heterocycles. The second kappa shape index (κ2) is 19.2. The first kappa shape index (κ1) is 44.9. The minimum Gasteiger partial charge on any atom is -0.475 e. The SMILES string of the molecule is CN[C@H](C(=O)N[C@H](C(=O)N(C)[C@H](/C=C(\C)C(=O)N1CCN(Cc2ccccc2)CC1)C(C)C)C(C)(C)C)C(C)(C)c1ccccc1.O=C(O)C(F)(F)F. The lowest BCUT2D eigenvalue weighted by atomic mass is 9.76. The summed E-state index contributed by atoms with van der Waals surface area (Å²) in [4.78, 5) is 56.5. The van der Waals surface area contributed by atoms with E-state index >= 15 is 0 Å². The number of carboxylic acids is 1. The molecule has 53 heavy (non-hydrogen) atoms. The molecular formula is C40H58F3N5O5. The third-order valence-corrected chi connectivity index (χ3v) is 9.58. The predicted molar refractivity (Wildman–Crippen MR) is 201 cm³/mol. The lowest BCUT2D eigenvalue weighted by Crippen LogP contribution is -2.61. The van der Waals surface area contributed by atoms with Crippen molar-refractivity contribution in [3.05, 3.63) is 83.4 Å². The van der Waals surface area contributed by atoms with Crippen LogP contribution in [0.25, 0.3) is 0 Å². The average Bonchev–Trinajstić information content (AvgIpc) is 3.09. The maximum Gasteiger partial charge on any atom is 0.490 e. The largest absolute Gasteiger partial charge is 0.490 e. The van der Waals surface area contributed by atoms with Gasteiger partial charge >= 0.3 is 12.1 Å². The van der Waals surface area contributed by atoms with Gasteiger partial charge in [0.25, 0.3) is 0 Å². The number of benzene rings is 2. The smallest absolute Gasteiger partial charge is 0.475 e. The van der Waals surface area contributed by atoms with E-state index in [1.54, 1.807) is 19.0 Å². The Morgan fingerprint density at radius 3 is 1.79 bits per heavy atom. The van der Waals surface area contributed by atoms with Crippen LogP contribution in [0, 0.1) is 11.3 Å². The van der Waals surface area contributed by atoms with Gasteiger partial charge in [-0.3, -0.25) is 19.3 Å². The van der Waals surface area contributed by atoms with Gasteiger partial charge in [-0.25, -0.2) is 4.79 Å². The van der Waals surface area contributed by atoms with E-state index in [0.29, 0.717) is 18.7 Å². The molecule has 3 N–H and O–H groups in total. The van der Waals surface area contributed by atoms with Crippen LogP contribution in [0.1, 0.15) is 66.5 Å². The normalized spacial score (nSPS) is 16.2. The Morgan fingerprint density at radius 2 is 1.36 bits per heavy atom. The summed E-state index contributed by atoms with van der Waals surface area (Å²) in [6.45, 7) is 19.8. The van der Waals surface area contributed by atoms with Gasteiger partial charge in [-0.2, -0.15) is 13.2 Å². The van der Waals surface area contributed by atoms with Gasteiger partial charge in [0.1, 0.15) is 6.04 Å². The van der Waals surface area contributed by atoms with Gasteiger partial charge in [0.15, 0.2) is 0 Å². The molecule has 10 nitrogen and oxygen atoms in total. The molecule has 2 aromatic carbocycles. The van der Waals surface area contributed by atoms with Gasteiger partial charge in [0.2, 0.25) is 17.7 Å². The molecule has 0 bridgehead atoms. The van der Waals surface area contributed by atoms with Crippen LogP contribution < -0.4 is 10.6 Å². The third kappa shape index (κ3) is 13.0. The fourth-order valence-electron chi connectivity index (χ4n) is 6.36. The van der Waals surface area contributed by atoms with Crippen LogP contribution in [0.4, 0.5) is 13.2 Å². The molecule has 1 aliphatic rings. The van der Waals surface area contributed by atoms with E-state index in [0.717, 1.165) is 25.2 Å². The van der Waals surface area contributed by atoms with Crippen molar-refractivity contribution in [1.82, 2.24) is 25.3 Å². The fourth-order valence-corrected chi connectivity index (χ4v) is 6.36. The summed E-state index contributed by atoms with van der Waals surface area (Å²) < 4.78 is 31.7. The molecule has 3 rings (SSSR count). The monoisotopic (exact) mass is 745 g/mol. The number of alkyl halides is 3. The minimum absolute atomic E-state index is 0.00606. The summed E-state index contributed by atoms with van der Waals surface area (Å²) in [7, 11) is 3.55. The first-order valence-electron chi connectivity index (χ1n) is 17.9. The van der Waals surface area contributed by atoms with E-state index in [9.17, 15) is 27.6 Å². The maximum atomic E-state index is 14.2. The van der Waals surface area contributed by atoms with Crippen molar-refractivity contribution in [2.24, 2.45) is 11.3 Å². The molecule has 13 heteroatoms. The Bertz CT molecular complexity index is 1530. The standard InChI is InChI=1S/C38H57N5O3.C2HF3O2/c1-27(2)31(25-28(3)35(45)43-23-21-42(22-24-43)26-29-17-13-11-14-18-29)41(10)36(46)33(37(4,5)6)40-34(44)32(39-9)38(7,8)30-19-15-12-16-20-30;3-2(4,5)1(6)7/h11-20,25,27,31-33,39H,21-24,26H2,1-10H3,(H,40,44);(H,6,7)/b28-25+;/t31-,32-,33-;/m1./s1. The lowest BCUT2D eigenvalue weighted by molar-refractivity contribution is -0.192. The number of halogens is 3. The lowest BCUT2D eigenvalue weighted by Gasteiger charge is -2.40. The molecule has 0 aliphatic carbocycles. The van der Waals surface area contributed by atoms with Crippen LogP contribution in [0.2, 0.25) is 0 Å². The molecule has 3 amide bonds. The fraction of sp³-hybridized carbons (Fsp3) is 0.550. The zero-order chi connectivity index (χ0) is 40.3. The number of carboxylic acid groups (broad SMARTS) is 1. The van der Waals surface area contributed by atoms with E-state index in [1.165, 1.54) is 5.56 Å². The zero-order valence-electron chi connectivity index (χ0n) is 32.8. The number of likely N-dealkylation sites (N-methyl/N-ethyl adjacent to an activating group) is 2. The number of nitrogens with one attached hydrogen (secondary N) is 2. The Balaban J connectivity index is 0.00000126. The van der Waals surface area contributed by atoms with Crippen LogP contribution in [0.3, 0.4) is 0 Å². The first-order valence-corrected chi connectivity index (χ1v) is 17.9. The number of carbonyl (C=O) groups is 4. The predicted octanol–water partition coefficient (Wildman–Crippen LogP) is 5.49. The van der Waals surface area contributed by atoms with Gasteiger partial charge < -0.3 is 25.5 Å². The topological polar surface area (TPSA) is 122 Å². The van der Waals surface area contributed by atoms with Crippen LogP contribution >= 0.6 is 0 Å². The van der Waals surface area contributed by atoms with Crippen molar-refractivity contribution >= 4 is 23.7 Å². The highest BCUT2D eigenvalue weighted by Crippen LogP contribution is 2.29. The second-order valence-electron chi connectivity index (χ2n) is 15.5. The molecule has 0 aromatic heterocycles. The number of carbonyl (C=O) groups excluding carboxylic acids is 3. The van der Waals surface area contributed by atoms with Crippen LogP contribution in [0.5, 0.6) is 0 Å². The summed E-state index contributed by atoms with van der Waals surface area (Å²) in [6, 6.07) is 18.7. The minimum atomic E-state index is -5.08. The zero-order valence-corrected chi connectivity index (χ0v) is 32.8. The van der Waals surface area contributed by atoms with Crippen molar-refractivity contribution in [2.75, 3.05) is 40.3 Å². The van der Waals surface area contributed by atoms with E-state index in [4.69, 9.17) is 9.90 Å². The number of nitrogens with zero attached hydrogens (tertiary/aromatic N) is 3. The Labute approximate surface area is 312 Å². The Hall–Kier alpha value is -4.23. The number of aliphatic carboxylic acids is 1. The molecule has 3 atom stereocenters. The summed E-state index contributed by atoms with van der Waals surface area (Å²) in [5.74, 6) is -3.11. The number of piperazine rings is 1. The van der Waals surface area contributed by atoms with Crippen LogP contribution in [0.15, 0.2) is 72.3 Å². The highest BCUT2D eigenvalue weighted by molar-refractivity contribution is 5.94.